The average molecular weight is 435 g/mol. The van der Waals surface area contributed by atoms with Crippen molar-refractivity contribution in [2.45, 2.75) is 13.5 Å². The zero-order valence-electron chi connectivity index (χ0n) is 18.0. The summed E-state index contributed by atoms with van der Waals surface area (Å²) in [5.74, 6) is 0.710. The SMILES string of the molecule is CCNCc1cncc(-c2cnc3n[nH]c(-c4nc5c(-c6ccoc6)cccc5[nH]4)c3c2)c1. The first-order valence-corrected chi connectivity index (χ1v) is 10.8. The van der Waals surface area contributed by atoms with Crippen LogP contribution in [0.1, 0.15) is 12.5 Å². The molecule has 0 unspecified atom stereocenters. The lowest BCUT2D eigenvalue weighted by molar-refractivity contribution is 0.568. The molecule has 5 aromatic heterocycles. The number of hydrogen-bond donors (Lipinski definition) is 3. The van der Waals surface area contributed by atoms with Crippen molar-refractivity contribution in [1.29, 1.82) is 0 Å². The maximum absolute atomic E-state index is 5.27. The van der Waals surface area contributed by atoms with Crippen LogP contribution in [-0.2, 0) is 6.54 Å². The van der Waals surface area contributed by atoms with Crippen LogP contribution in [0.25, 0.3) is 55.8 Å². The molecule has 0 amide bonds. The van der Waals surface area contributed by atoms with Gasteiger partial charge in [-0.3, -0.25) is 10.1 Å². The third kappa shape index (κ3) is 3.46. The van der Waals surface area contributed by atoms with Gasteiger partial charge in [0.05, 0.1) is 28.9 Å². The van der Waals surface area contributed by atoms with E-state index in [4.69, 9.17) is 9.40 Å². The van der Waals surface area contributed by atoms with Crippen molar-refractivity contribution in [2.75, 3.05) is 6.54 Å². The van der Waals surface area contributed by atoms with E-state index in [-0.39, 0.29) is 0 Å². The highest BCUT2D eigenvalue weighted by Gasteiger charge is 2.16. The van der Waals surface area contributed by atoms with E-state index in [2.05, 4.69) is 49.5 Å². The molecule has 162 valence electrons. The van der Waals surface area contributed by atoms with Crippen molar-refractivity contribution in [3.8, 4) is 33.8 Å². The van der Waals surface area contributed by atoms with E-state index in [9.17, 15) is 0 Å². The Morgan fingerprint density at radius 3 is 2.85 bits per heavy atom. The maximum atomic E-state index is 5.27. The van der Waals surface area contributed by atoms with Crippen LogP contribution in [0, 0.1) is 0 Å². The number of furan rings is 1. The van der Waals surface area contributed by atoms with Crippen LogP contribution in [-0.4, -0.2) is 36.7 Å². The summed E-state index contributed by atoms with van der Waals surface area (Å²) in [5.41, 5.74) is 8.37. The van der Waals surface area contributed by atoms with E-state index in [1.54, 1.807) is 12.5 Å². The largest absolute Gasteiger partial charge is 0.472 e. The zero-order chi connectivity index (χ0) is 22.2. The molecule has 0 aliphatic rings. The Hall–Kier alpha value is -4.30. The fourth-order valence-electron chi connectivity index (χ4n) is 4.05. The molecular weight excluding hydrogens is 414 g/mol. The predicted molar refractivity (Wildman–Crippen MR) is 127 cm³/mol. The van der Waals surface area contributed by atoms with Crippen LogP contribution < -0.4 is 5.32 Å². The lowest BCUT2D eigenvalue weighted by Crippen LogP contribution is -2.11. The molecule has 1 aromatic carbocycles. The van der Waals surface area contributed by atoms with Gasteiger partial charge in [0.25, 0.3) is 0 Å². The van der Waals surface area contributed by atoms with Crippen LogP contribution in [0.15, 0.2) is 71.9 Å². The molecule has 0 fully saturated rings. The van der Waals surface area contributed by atoms with E-state index in [0.717, 1.165) is 63.0 Å². The molecular formula is C25H21N7O. The lowest BCUT2D eigenvalue weighted by Gasteiger charge is -2.05. The maximum Gasteiger partial charge on any atom is 0.181 e. The molecule has 8 heteroatoms. The number of aromatic amines is 2. The van der Waals surface area contributed by atoms with E-state index in [1.807, 2.05) is 42.9 Å². The van der Waals surface area contributed by atoms with Gasteiger partial charge < -0.3 is 14.7 Å². The van der Waals surface area contributed by atoms with Gasteiger partial charge in [0.1, 0.15) is 5.69 Å². The monoisotopic (exact) mass is 435 g/mol. The molecule has 0 atom stereocenters. The first kappa shape index (κ1) is 19.4. The lowest BCUT2D eigenvalue weighted by atomic mass is 10.1. The summed E-state index contributed by atoms with van der Waals surface area (Å²) in [4.78, 5) is 17.3. The second-order valence-electron chi connectivity index (χ2n) is 7.86. The number of fused-ring (bicyclic) bond motifs is 2. The third-order valence-corrected chi connectivity index (χ3v) is 5.70. The fraction of sp³-hybridized carbons (Fsp3) is 0.120. The van der Waals surface area contributed by atoms with Crippen molar-refractivity contribution in [3.05, 3.63) is 73.1 Å². The van der Waals surface area contributed by atoms with E-state index in [1.165, 1.54) is 0 Å². The van der Waals surface area contributed by atoms with Crippen molar-refractivity contribution in [2.24, 2.45) is 0 Å². The number of rotatable bonds is 6. The number of aromatic nitrogens is 6. The average Bonchev–Trinajstić information content (AvgIpc) is 3.61. The summed E-state index contributed by atoms with van der Waals surface area (Å²) >= 11 is 0. The van der Waals surface area contributed by atoms with Crippen molar-refractivity contribution < 1.29 is 4.42 Å². The van der Waals surface area contributed by atoms with Gasteiger partial charge in [-0.25, -0.2) is 9.97 Å². The summed E-state index contributed by atoms with van der Waals surface area (Å²) in [6.07, 6.45) is 8.96. The number of H-pyrrole nitrogens is 2. The Morgan fingerprint density at radius 1 is 1.03 bits per heavy atom. The predicted octanol–water partition coefficient (Wildman–Crippen LogP) is 4.93. The molecule has 0 saturated heterocycles. The third-order valence-electron chi connectivity index (χ3n) is 5.70. The van der Waals surface area contributed by atoms with Gasteiger partial charge >= 0.3 is 0 Å². The van der Waals surface area contributed by atoms with Gasteiger partial charge in [-0.1, -0.05) is 19.1 Å². The summed E-state index contributed by atoms with van der Waals surface area (Å²) in [5, 5.41) is 11.7. The molecule has 8 nitrogen and oxygen atoms in total. The molecule has 0 aliphatic carbocycles. The second kappa shape index (κ2) is 7.99. The Bertz CT molecular complexity index is 1560. The smallest absolute Gasteiger partial charge is 0.181 e. The molecule has 6 aromatic rings. The first-order chi connectivity index (χ1) is 16.3. The Balaban J connectivity index is 1.44. The topological polar surface area (TPSA) is 108 Å². The highest BCUT2D eigenvalue weighted by molar-refractivity contribution is 5.97. The first-order valence-electron chi connectivity index (χ1n) is 10.8. The highest BCUT2D eigenvalue weighted by Crippen LogP contribution is 2.32. The quantitative estimate of drug-likeness (QED) is 0.342. The molecule has 5 heterocycles. The van der Waals surface area contributed by atoms with Crippen LogP contribution in [0.2, 0.25) is 0 Å². The fourth-order valence-corrected chi connectivity index (χ4v) is 4.05. The molecule has 0 bridgehead atoms. The highest BCUT2D eigenvalue weighted by atomic mass is 16.3. The summed E-state index contributed by atoms with van der Waals surface area (Å²) < 4.78 is 5.27. The normalized spacial score (nSPS) is 11.5. The second-order valence-corrected chi connectivity index (χ2v) is 7.86. The number of nitrogens with one attached hydrogen (secondary N) is 3. The van der Waals surface area contributed by atoms with Gasteiger partial charge in [-0.15, -0.1) is 0 Å². The van der Waals surface area contributed by atoms with Crippen molar-refractivity contribution in [3.63, 3.8) is 0 Å². The summed E-state index contributed by atoms with van der Waals surface area (Å²) in [6.45, 7) is 3.78. The number of hydrogen-bond acceptors (Lipinski definition) is 6. The van der Waals surface area contributed by atoms with Gasteiger partial charge in [0.15, 0.2) is 11.5 Å². The molecule has 3 N–H and O–H groups in total. The van der Waals surface area contributed by atoms with Gasteiger partial charge in [0.2, 0.25) is 0 Å². The summed E-state index contributed by atoms with van der Waals surface area (Å²) in [7, 11) is 0. The number of pyridine rings is 2. The number of imidazole rings is 1. The molecule has 0 saturated carbocycles. The molecule has 0 aliphatic heterocycles. The minimum Gasteiger partial charge on any atom is -0.472 e. The number of benzene rings is 1. The molecule has 6 rings (SSSR count). The molecule has 0 radical (unpaired) electrons. The Kier molecular flexibility index (Phi) is 4.70. The van der Waals surface area contributed by atoms with Crippen LogP contribution in [0.3, 0.4) is 0 Å². The summed E-state index contributed by atoms with van der Waals surface area (Å²) in [6, 6.07) is 12.2. The Labute approximate surface area is 189 Å². The van der Waals surface area contributed by atoms with Crippen molar-refractivity contribution >= 4 is 22.1 Å². The number of nitrogens with zero attached hydrogens (tertiary/aromatic N) is 4. The van der Waals surface area contributed by atoms with Crippen molar-refractivity contribution in [1.82, 2.24) is 35.5 Å². The standard InChI is InChI=1S/C25H21N7O/c1-2-26-10-15-8-17(12-27-11-15)18-9-20-23(31-32-24(20)28-13-18)25-29-21-5-3-4-19(22(21)30-25)16-6-7-33-14-16/h3-9,11-14,26H,2,10H2,1H3,(H,29,30)(H,28,31,32). The molecule has 0 spiro atoms. The Morgan fingerprint density at radius 2 is 1.97 bits per heavy atom. The molecule has 33 heavy (non-hydrogen) atoms. The van der Waals surface area contributed by atoms with Gasteiger partial charge in [0, 0.05) is 47.4 Å². The van der Waals surface area contributed by atoms with E-state index in [0.29, 0.717) is 11.5 Å². The van der Waals surface area contributed by atoms with Crippen LogP contribution in [0.4, 0.5) is 0 Å². The number of para-hydroxylation sites is 1. The van der Waals surface area contributed by atoms with E-state index < -0.39 is 0 Å². The minimum atomic E-state index is 0.640. The van der Waals surface area contributed by atoms with Gasteiger partial charge in [-0.2, -0.15) is 5.10 Å². The zero-order valence-corrected chi connectivity index (χ0v) is 18.0. The minimum absolute atomic E-state index is 0.640. The van der Waals surface area contributed by atoms with E-state index >= 15 is 0 Å². The van der Waals surface area contributed by atoms with Crippen LogP contribution in [0.5, 0.6) is 0 Å². The van der Waals surface area contributed by atoms with Crippen LogP contribution >= 0.6 is 0 Å². The van der Waals surface area contributed by atoms with Gasteiger partial charge in [-0.05, 0) is 36.4 Å².